The molecule has 3 unspecified atom stereocenters. The van der Waals surface area contributed by atoms with Crippen molar-refractivity contribution in [1.82, 2.24) is 5.32 Å². The normalized spacial score (nSPS) is 23.7. The lowest BCUT2D eigenvalue weighted by Crippen LogP contribution is -2.42. The molecule has 4 heteroatoms. The van der Waals surface area contributed by atoms with Crippen molar-refractivity contribution in [3.05, 3.63) is 48.0 Å². The lowest BCUT2D eigenvalue weighted by Gasteiger charge is -2.14. The summed E-state index contributed by atoms with van der Waals surface area (Å²) >= 11 is 0. The maximum absolute atomic E-state index is 12.5. The van der Waals surface area contributed by atoms with Crippen molar-refractivity contribution in [2.45, 2.75) is 37.6 Å². The van der Waals surface area contributed by atoms with Crippen LogP contribution in [0.25, 0.3) is 10.8 Å². The van der Waals surface area contributed by atoms with Crippen molar-refractivity contribution in [3.63, 3.8) is 0 Å². The Kier molecular flexibility index (Phi) is 3.75. The number of nitrogens with one attached hydrogen (secondary N) is 1. The molecule has 0 radical (unpaired) electrons. The van der Waals surface area contributed by atoms with Crippen LogP contribution < -0.4 is 5.32 Å². The summed E-state index contributed by atoms with van der Waals surface area (Å²) in [5.74, 6) is -0.457. The predicted molar refractivity (Wildman–Crippen MR) is 91.7 cm³/mol. The number of amides is 1. The molecule has 24 heavy (non-hydrogen) atoms. The van der Waals surface area contributed by atoms with Crippen LogP contribution in [0.15, 0.2) is 42.5 Å². The van der Waals surface area contributed by atoms with Gasteiger partial charge in [-0.1, -0.05) is 55.3 Å². The van der Waals surface area contributed by atoms with E-state index in [4.69, 9.17) is 0 Å². The van der Waals surface area contributed by atoms with Gasteiger partial charge in [-0.15, -0.1) is 0 Å². The molecular weight excluding hydrogens is 302 g/mol. The monoisotopic (exact) mass is 323 g/mol. The third-order valence-corrected chi connectivity index (χ3v) is 5.23. The number of carboxylic acid groups (broad SMARTS) is 1. The molecule has 0 bridgehead atoms. The zero-order valence-corrected chi connectivity index (χ0v) is 13.4. The molecule has 1 amide bonds. The third-order valence-electron chi connectivity index (χ3n) is 5.23. The zero-order chi connectivity index (χ0) is 16.7. The van der Waals surface area contributed by atoms with Crippen molar-refractivity contribution < 1.29 is 14.7 Å². The molecule has 0 spiro atoms. The summed E-state index contributed by atoms with van der Waals surface area (Å²) in [6.07, 6.45) is 3.53. The molecule has 0 aromatic heterocycles. The second-order valence-corrected chi connectivity index (χ2v) is 7.10. The van der Waals surface area contributed by atoms with E-state index in [1.54, 1.807) is 0 Å². The summed E-state index contributed by atoms with van der Waals surface area (Å²) in [6.45, 7) is 0. The fourth-order valence-electron chi connectivity index (χ4n) is 3.59. The summed E-state index contributed by atoms with van der Waals surface area (Å²) in [4.78, 5) is 23.8. The summed E-state index contributed by atoms with van der Waals surface area (Å²) in [7, 11) is 0. The van der Waals surface area contributed by atoms with Crippen LogP contribution in [0.5, 0.6) is 0 Å². The van der Waals surface area contributed by atoms with Gasteiger partial charge >= 0.3 is 5.97 Å². The fourth-order valence-corrected chi connectivity index (χ4v) is 3.59. The van der Waals surface area contributed by atoms with Crippen LogP contribution in [-0.2, 0) is 9.59 Å². The molecule has 2 fully saturated rings. The van der Waals surface area contributed by atoms with E-state index in [2.05, 4.69) is 29.6 Å². The predicted octanol–water partition coefficient (Wildman–Crippen LogP) is 3.31. The molecule has 2 aliphatic rings. The molecule has 2 aromatic carbocycles. The smallest absolute Gasteiger partial charge is 0.326 e. The van der Waals surface area contributed by atoms with Crippen LogP contribution in [0.4, 0.5) is 0 Å². The van der Waals surface area contributed by atoms with Crippen LogP contribution in [0, 0.1) is 11.8 Å². The van der Waals surface area contributed by atoms with Crippen LogP contribution in [0.3, 0.4) is 0 Å². The maximum Gasteiger partial charge on any atom is 0.326 e. The molecule has 0 heterocycles. The Hall–Kier alpha value is -2.36. The molecule has 3 atom stereocenters. The Morgan fingerprint density at radius 1 is 1.12 bits per heavy atom. The van der Waals surface area contributed by atoms with Crippen LogP contribution in [-0.4, -0.2) is 23.0 Å². The van der Waals surface area contributed by atoms with Crippen molar-refractivity contribution in [3.8, 4) is 0 Å². The summed E-state index contributed by atoms with van der Waals surface area (Å²) in [6, 6.07) is 13.6. The highest BCUT2D eigenvalue weighted by Crippen LogP contribution is 2.49. The third kappa shape index (κ3) is 3.01. The van der Waals surface area contributed by atoms with Gasteiger partial charge in [-0.25, -0.2) is 4.79 Å². The second kappa shape index (κ2) is 5.93. The number of benzene rings is 2. The molecule has 0 saturated heterocycles. The molecule has 4 rings (SSSR count). The van der Waals surface area contributed by atoms with Crippen LogP contribution in [0.1, 0.15) is 37.2 Å². The van der Waals surface area contributed by atoms with E-state index in [9.17, 15) is 14.7 Å². The fraction of sp³-hybridized carbons (Fsp3) is 0.400. The quantitative estimate of drug-likeness (QED) is 0.857. The Labute approximate surface area is 140 Å². The number of hydrogen-bond acceptors (Lipinski definition) is 2. The van der Waals surface area contributed by atoms with Crippen LogP contribution in [0.2, 0.25) is 0 Å². The van der Waals surface area contributed by atoms with Crippen molar-refractivity contribution >= 4 is 22.6 Å². The maximum atomic E-state index is 12.5. The van der Waals surface area contributed by atoms with Crippen molar-refractivity contribution in [1.29, 1.82) is 0 Å². The Morgan fingerprint density at radius 2 is 1.88 bits per heavy atom. The number of carbonyl (C=O) groups is 2. The van der Waals surface area contributed by atoms with Gasteiger partial charge in [0.1, 0.15) is 6.04 Å². The van der Waals surface area contributed by atoms with E-state index in [1.165, 1.54) is 16.3 Å². The van der Waals surface area contributed by atoms with Gasteiger partial charge in [0.05, 0.1) is 0 Å². The largest absolute Gasteiger partial charge is 0.480 e. The lowest BCUT2D eigenvalue weighted by molar-refractivity contribution is -0.142. The van der Waals surface area contributed by atoms with E-state index in [0.29, 0.717) is 12.3 Å². The summed E-state index contributed by atoms with van der Waals surface area (Å²) in [5, 5.41) is 14.4. The van der Waals surface area contributed by atoms with Crippen molar-refractivity contribution in [2.24, 2.45) is 11.8 Å². The molecular formula is C20H21NO3. The van der Waals surface area contributed by atoms with Gasteiger partial charge in [0.2, 0.25) is 5.91 Å². The standard InChI is InChI=1S/C20H21NO3/c22-19(21-18(20(23)24)10-12-8-9-12)17-11-16(17)15-7-3-5-13-4-1-2-6-14(13)15/h1-7,12,16-18H,8-11H2,(H,21,22)(H,23,24). The molecule has 0 aliphatic heterocycles. The number of carbonyl (C=O) groups excluding carboxylic acids is 1. The average Bonchev–Trinajstić information content (AvgIpc) is 3.47. The molecule has 2 aromatic rings. The molecule has 2 aliphatic carbocycles. The van der Waals surface area contributed by atoms with Gasteiger partial charge in [0.25, 0.3) is 0 Å². The van der Waals surface area contributed by atoms with Gasteiger partial charge in [0.15, 0.2) is 0 Å². The van der Waals surface area contributed by atoms with Gasteiger partial charge in [0, 0.05) is 5.92 Å². The first-order valence-electron chi connectivity index (χ1n) is 8.64. The molecule has 4 nitrogen and oxygen atoms in total. The molecule has 2 saturated carbocycles. The molecule has 2 N–H and O–H groups in total. The lowest BCUT2D eigenvalue weighted by atomic mass is 10.00. The van der Waals surface area contributed by atoms with E-state index < -0.39 is 12.0 Å². The molecule has 124 valence electrons. The number of fused-ring (bicyclic) bond motifs is 1. The van der Waals surface area contributed by atoms with Gasteiger partial charge in [-0.2, -0.15) is 0 Å². The summed E-state index contributed by atoms with van der Waals surface area (Å²) < 4.78 is 0. The number of rotatable bonds is 6. The Morgan fingerprint density at radius 3 is 2.62 bits per heavy atom. The number of hydrogen-bond donors (Lipinski definition) is 2. The van der Waals surface area contributed by atoms with Gasteiger partial charge in [-0.3, -0.25) is 4.79 Å². The Bertz CT molecular complexity index is 791. The summed E-state index contributed by atoms with van der Waals surface area (Å²) in [5.41, 5.74) is 1.20. The van der Waals surface area contributed by atoms with E-state index in [1.807, 2.05) is 18.2 Å². The first-order valence-corrected chi connectivity index (χ1v) is 8.64. The van der Waals surface area contributed by atoms with Crippen LogP contribution >= 0.6 is 0 Å². The average molecular weight is 323 g/mol. The Balaban J connectivity index is 1.46. The van der Waals surface area contributed by atoms with Gasteiger partial charge in [-0.05, 0) is 41.0 Å². The number of carboxylic acids is 1. The zero-order valence-electron chi connectivity index (χ0n) is 13.4. The highest BCUT2D eigenvalue weighted by Gasteiger charge is 2.45. The SMILES string of the molecule is O=C(O)C(CC1CC1)NC(=O)C1CC1c1cccc2ccccc12. The topological polar surface area (TPSA) is 66.4 Å². The minimum absolute atomic E-state index is 0.100. The number of aliphatic carboxylic acids is 1. The minimum atomic E-state index is -0.919. The van der Waals surface area contributed by atoms with E-state index >= 15 is 0 Å². The first kappa shape index (κ1) is 15.2. The second-order valence-electron chi connectivity index (χ2n) is 7.10. The van der Waals surface area contributed by atoms with E-state index in [-0.39, 0.29) is 17.7 Å². The van der Waals surface area contributed by atoms with Gasteiger partial charge < -0.3 is 10.4 Å². The highest BCUT2D eigenvalue weighted by atomic mass is 16.4. The van der Waals surface area contributed by atoms with E-state index in [0.717, 1.165) is 19.3 Å². The minimum Gasteiger partial charge on any atom is -0.480 e. The van der Waals surface area contributed by atoms with Crippen molar-refractivity contribution in [2.75, 3.05) is 0 Å². The highest BCUT2D eigenvalue weighted by molar-refractivity contribution is 5.91. The first-order chi connectivity index (χ1) is 11.6.